The summed E-state index contributed by atoms with van der Waals surface area (Å²) in [5.74, 6) is 1.58. The lowest BCUT2D eigenvalue weighted by Crippen LogP contribution is -1.94. The highest BCUT2D eigenvalue weighted by Crippen LogP contribution is 2.22. The number of hydrogen-bond acceptors (Lipinski definition) is 3. The second kappa shape index (κ2) is 7.01. The van der Waals surface area contributed by atoms with Gasteiger partial charge in [-0.1, -0.05) is 36.4 Å². The van der Waals surface area contributed by atoms with Gasteiger partial charge in [0, 0.05) is 5.56 Å². The number of carbonyl (C=O) groups excluding carboxylic acids is 1. The van der Waals surface area contributed by atoms with E-state index in [2.05, 4.69) is 0 Å². The minimum Gasteiger partial charge on any atom is -0.497 e. The first-order valence-corrected chi connectivity index (χ1v) is 7.64. The number of methoxy groups -OCH3 is 2. The Bertz CT molecular complexity index is 893. The largest absolute Gasteiger partial charge is 0.497 e. The SMILES string of the molecule is COc1ccc(/C=C/C(=O)c2ccc3cc(OC)ccc3c2)cc1. The van der Waals surface area contributed by atoms with E-state index in [1.54, 1.807) is 26.4 Å². The molecule has 3 aromatic rings. The molecule has 0 N–H and O–H groups in total. The number of carbonyl (C=O) groups is 1. The fourth-order valence-electron chi connectivity index (χ4n) is 2.49. The monoisotopic (exact) mass is 318 g/mol. The summed E-state index contributed by atoms with van der Waals surface area (Å²) in [7, 11) is 3.27. The third-order valence-electron chi connectivity index (χ3n) is 3.87. The van der Waals surface area contributed by atoms with Crippen molar-refractivity contribution in [2.45, 2.75) is 0 Å². The highest BCUT2D eigenvalue weighted by molar-refractivity contribution is 6.08. The van der Waals surface area contributed by atoms with Crippen LogP contribution in [0, 0.1) is 0 Å². The average Bonchev–Trinajstić information content (AvgIpc) is 2.65. The van der Waals surface area contributed by atoms with Gasteiger partial charge in [-0.05, 0) is 52.7 Å². The topological polar surface area (TPSA) is 35.5 Å². The zero-order valence-electron chi connectivity index (χ0n) is 13.7. The molecule has 0 amide bonds. The molecule has 0 bridgehead atoms. The Hall–Kier alpha value is -3.07. The Morgan fingerprint density at radius 1 is 0.792 bits per heavy atom. The Morgan fingerprint density at radius 3 is 2.12 bits per heavy atom. The van der Waals surface area contributed by atoms with E-state index < -0.39 is 0 Å². The van der Waals surface area contributed by atoms with Gasteiger partial charge >= 0.3 is 0 Å². The molecule has 24 heavy (non-hydrogen) atoms. The fourth-order valence-corrected chi connectivity index (χ4v) is 2.49. The van der Waals surface area contributed by atoms with Crippen LogP contribution in [0.15, 0.2) is 66.7 Å². The zero-order valence-corrected chi connectivity index (χ0v) is 13.7. The van der Waals surface area contributed by atoms with E-state index in [4.69, 9.17) is 9.47 Å². The van der Waals surface area contributed by atoms with Gasteiger partial charge < -0.3 is 9.47 Å². The van der Waals surface area contributed by atoms with E-state index in [1.165, 1.54) is 0 Å². The maximum atomic E-state index is 12.4. The van der Waals surface area contributed by atoms with Crippen LogP contribution in [0.25, 0.3) is 16.8 Å². The molecule has 0 spiro atoms. The highest BCUT2D eigenvalue weighted by Gasteiger charge is 2.04. The van der Waals surface area contributed by atoms with Crippen LogP contribution >= 0.6 is 0 Å². The quantitative estimate of drug-likeness (QED) is 0.503. The number of hydrogen-bond donors (Lipinski definition) is 0. The van der Waals surface area contributed by atoms with Crippen molar-refractivity contribution in [3.8, 4) is 11.5 Å². The molecule has 0 atom stereocenters. The number of allylic oxidation sites excluding steroid dienone is 1. The summed E-state index contributed by atoms with van der Waals surface area (Å²) in [5, 5.41) is 2.06. The molecular formula is C21H18O3. The van der Waals surface area contributed by atoms with Gasteiger partial charge in [0.2, 0.25) is 0 Å². The van der Waals surface area contributed by atoms with Gasteiger partial charge in [0.25, 0.3) is 0 Å². The molecule has 0 aliphatic rings. The number of ketones is 1. The van der Waals surface area contributed by atoms with Gasteiger partial charge in [0.05, 0.1) is 14.2 Å². The lowest BCUT2D eigenvalue weighted by atomic mass is 10.0. The predicted molar refractivity (Wildman–Crippen MR) is 96.9 cm³/mol. The van der Waals surface area contributed by atoms with Crippen molar-refractivity contribution in [1.82, 2.24) is 0 Å². The maximum Gasteiger partial charge on any atom is 0.185 e. The molecule has 120 valence electrons. The predicted octanol–water partition coefficient (Wildman–Crippen LogP) is 4.75. The molecule has 0 unspecified atom stereocenters. The van der Waals surface area contributed by atoms with Crippen LogP contribution in [-0.2, 0) is 0 Å². The Morgan fingerprint density at radius 2 is 1.42 bits per heavy atom. The standard InChI is InChI=1S/C21H18O3/c1-23-19-9-3-15(4-10-19)5-12-21(22)18-7-6-17-14-20(24-2)11-8-16(17)13-18/h3-14H,1-2H3/b12-5+. The van der Waals surface area contributed by atoms with Gasteiger partial charge in [-0.25, -0.2) is 0 Å². The number of fused-ring (bicyclic) bond motifs is 1. The van der Waals surface area contributed by atoms with Crippen LogP contribution in [0.1, 0.15) is 15.9 Å². The minimum atomic E-state index is -0.0245. The summed E-state index contributed by atoms with van der Waals surface area (Å²) >= 11 is 0. The molecule has 0 saturated carbocycles. The van der Waals surface area contributed by atoms with Crippen LogP contribution in [0.2, 0.25) is 0 Å². The molecule has 0 saturated heterocycles. The molecule has 0 aliphatic carbocycles. The molecule has 3 aromatic carbocycles. The number of benzene rings is 3. The summed E-state index contributed by atoms with van der Waals surface area (Å²) in [6.07, 6.45) is 3.40. The van der Waals surface area contributed by atoms with Crippen molar-refractivity contribution in [3.63, 3.8) is 0 Å². The van der Waals surface area contributed by atoms with Crippen molar-refractivity contribution in [3.05, 3.63) is 77.9 Å². The van der Waals surface area contributed by atoms with E-state index in [-0.39, 0.29) is 5.78 Å². The first-order chi connectivity index (χ1) is 11.7. The molecule has 0 fully saturated rings. The molecule has 0 radical (unpaired) electrons. The van der Waals surface area contributed by atoms with Crippen molar-refractivity contribution in [1.29, 1.82) is 0 Å². The third-order valence-corrected chi connectivity index (χ3v) is 3.87. The van der Waals surface area contributed by atoms with Crippen molar-refractivity contribution >= 4 is 22.6 Å². The van der Waals surface area contributed by atoms with Crippen LogP contribution in [0.4, 0.5) is 0 Å². The van der Waals surface area contributed by atoms with Gasteiger partial charge in [0.1, 0.15) is 11.5 Å². The average molecular weight is 318 g/mol. The summed E-state index contributed by atoms with van der Waals surface area (Å²) in [6, 6.07) is 19.0. The smallest absolute Gasteiger partial charge is 0.185 e. The summed E-state index contributed by atoms with van der Waals surface area (Å²) in [6.45, 7) is 0. The highest BCUT2D eigenvalue weighted by atomic mass is 16.5. The Kier molecular flexibility index (Phi) is 4.62. The summed E-state index contributed by atoms with van der Waals surface area (Å²) in [5.41, 5.74) is 1.62. The van der Waals surface area contributed by atoms with Gasteiger partial charge in [-0.2, -0.15) is 0 Å². The first-order valence-electron chi connectivity index (χ1n) is 7.64. The lowest BCUT2D eigenvalue weighted by molar-refractivity contribution is 0.104. The molecular weight excluding hydrogens is 300 g/mol. The number of ether oxygens (including phenoxy) is 2. The Balaban J connectivity index is 1.81. The molecule has 3 heteroatoms. The van der Waals surface area contributed by atoms with Gasteiger partial charge in [-0.15, -0.1) is 0 Å². The Labute approximate surface area is 141 Å². The number of rotatable bonds is 5. The first kappa shape index (κ1) is 15.8. The van der Waals surface area contributed by atoms with Gasteiger partial charge in [0.15, 0.2) is 5.78 Å². The van der Waals surface area contributed by atoms with Crippen LogP contribution < -0.4 is 9.47 Å². The maximum absolute atomic E-state index is 12.4. The lowest BCUT2D eigenvalue weighted by Gasteiger charge is -2.04. The van der Waals surface area contributed by atoms with E-state index in [0.29, 0.717) is 5.56 Å². The normalized spacial score (nSPS) is 10.9. The van der Waals surface area contributed by atoms with Crippen LogP contribution in [0.3, 0.4) is 0 Å². The van der Waals surface area contributed by atoms with Crippen molar-refractivity contribution in [2.24, 2.45) is 0 Å². The third kappa shape index (κ3) is 3.46. The van der Waals surface area contributed by atoms with E-state index in [0.717, 1.165) is 27.8 Å². The molecule has 0 heterocycles. The van der Waals surface area contributed by atoms with Crippen molar-refractivity contribution < 1.29 is 14.3 Å². The van der Waals surface area contributed by atoms with Gasteiger partial charge in [-0.3, -0.25) is 4.79 Å². The summed E-state index contributed by atoms with van der Waals surface area (Å²) in [4.78, 5) is 12.4. The van der Waals surface area contributed by atoms with E-state index >= 15 is 0 Å². The molecule has 3 rings (SSSR count). The fraction of sp³-hybridized carbons (Fsp3) is 0.0952. The second-order valence-electron chi connectivity index (χ2n) is 5.40. The van der Waals surface area contributed by atoms with E-state index in [9.17, 15) is 4.79 Å². The van der Waals surface area contributed by atoms with E-state index in [1.807, 2.05) is 60.7 Å². The van der Waals surface area contributed by atoms with Crippen LogP contribution in [-0.4, -0.2) is 20.0 Å². The molecule has 3 nitrogen and oxygen atoms in total. The minimum absolute atomic E-state index is 0.0245. The zero-order chi connectivity index (χ0) is 16.9. The van der Waals surface area contributed by atoms with Crippen molar-refractivity contribution in [2.75, 3.05) is 14.2 Å². The molecule has 0 aromatic heterocycles. The summed E-state index contributed by atoms with van der Waals surface area (Å²) < 4.78 is 10.3. The molecule has 0 aliphatic heterocycles. The van der Waals surface area contributed by atoms with Crippen LogP contribution in [0.5, 0.6) is 11.5 Å². The second-order valence-corrected chi connectivity index (χ2v) is 5.40.